The fourth-order valence-corrected chi connectivity index (χ4v) is 2.72. The maximum absolute atomic E-state index is 12.3. The van der Waals surface area contributed by atoms with Crippen molar-refractivity contribution >= 4 is 23.5 Å². The van der Waals surface area contributed by atoms with Crippen LogP contribution in [0.3, 0.4) is 0 Å². The Labute approximate surface area is 157 Å². The smallest absolute Gasteiger partial charge is 0.344 e. The molecule has 0 aliphatic carbocycles. The van der Waals surface area contributed by atoms with Gasteiger partial charge in [0.1, 0.15) is 17.1 Å². The van der Waals surface area contributed by atoms with Crippen molar-refractivity contribution in [1.82, 2.24) is 0 Å². The molecule has 27 heavy (non-hydrogen) atoms. The molecule has 0 saturated heterocycles. The number of hydrogen-bond donors (Lipinski definition) is 1. The number of anilines is 1. The number of Topliss-reactive ketones (excluding diaryl/α,β-unsaturated/α-hetero) is 1. The minimum Gasteiger partial charge on any atom is -0.483 e. The van der Waals surface area contributed by atoms with Gasteiger partial charge >= 0.3 is 5.97 Å². The SMILES string of the molecule is CCOC(=O)c1c(NC(=O)COc2ccc(C)cc2C)oc(C)c1C(C)=O. The van der Waals surface area contributed by atoms with Crippen LogP contribution in [0.2, 0.25) is 0 Å². The zero-order valence-corrected chi connectivity index (χ0v) is 16.1. The van der Waals surface area contributed by atoms with E-state index in [-0.39, 0.29) is 41.8 Å². The molecule has 0 atom stereocenters. The Balaban J connectivity index is 2.18. The van der Waals surface area contributed by atoms with Crippen molar-refractivity contribution in [2.75, 3.05) is 18.5 Å². The molecular formula is C20H23NO6. The quantitative estimate of drug-likeness (QED) is 0.588. The van der Waals surface area contributed by atoms with Gasteiger partial charge in [-0.2, -0.15) is 0 Å². The summed E-state index contributed by atoms with van der Waals surface area (Å²) in [5, 5.41) is 2.48. The van der Waals surface area contributed by atoms with Gasteiger partial charge in [0.25, 0.3) is 5.91 Å². The van der Waals surface area contributed by atoms with Gasteiger partial charge in [-0.25, -0.2) is 4.79 Å². The first-order chi connectivity index (χ1) is 12.7. The average Bonchev–Trinajstić information content (AvgIpc) is 2.90. The number of nitrogens with one attached hydrogen (secondary N) is 1. The molecule has 0 fully saturated rings. The molecule has 7 nitrogen and oxygen atoms in total. The molecule has 0 unspecified atom stereocenters. The number of aryl methyl sites for hydroxylation is 3. The van der Waals surface area contributed by atoms with E-state index in [1.807, 2.05) is 26.0 Å². The summed E-state index contributed by atoms with van der Waals surface area (Å²) in [5.41, 5.74) is 2.01. The molecule has 1 aromatic carbocycles. The summed E-state index contributed by atoms with van der Waals surface area (Å²) in [6.07, 6.45) is 0. The second kappa shape index (κ2) is 8.53. The lowest BCUT2D eigenvalue weighted by Crippen LogP contribution is -2.22. The molecule has 144 valence electrons. The molecule has 1 aromatic heterocycles. The molecule has 1 heterocycles. The number of furan rings is 1. The van der Waals surface area contributed by atoms with Gasteiger partial charge in [0.2, 0.25) is 5.88 Å². The van der Waals surface area contributed by atoms with E-state index in [1.165, 1.54) is 6.92 Å². The Hall–Kier alpha value is -3.09. The Kier molecular flexibility index (Phi) is 6.39. The Morgan fingerprint density at radius 1 is 1.11 bits per heavy atom. The van der Waals surface area contributed by atoms with Crippen molar-refractivity contribution in [3.8, 4) is 5.75 Å². The molecule has 7 heteroatoms. The van der Waals surface area contributed by atoms with E-state index in [2.05, 4.69) is 5.32 Å². The van der Waals surface area contributed by atoms with Gasteiger partial charge < -0.3 is 13.9 Å². The van der Waals surface area contributed by atoms with Gasteiger partial charge in [0.15, 0.2) is 12.4 Å². The molecule has 1 amide bonds. The van der Waals surface area contributed by atoms with Crippen LogP contribution in [0.25, 0.3) is 0 Å². The fourth-order valence-electron chi connectivity index (χ4n) is 2.72. The Bertz CT molecular complexity index is 881. The third-order valence-electron chi connectivity index (χ3n) is 3.86. The standard InChI is InChI=1S/C20H23NO6/c1-6-25-20(24)18-17(13(4)22)14(5)27-19(18)21-16(23)10-26-15-8-7-11(2)9-12(15)3/h7-9H,6,10H2,1-5H3,(H,21,23). The van der Waals surface area contributed by atoms with Crippen LogP contribution in [0.15, 0.2) is 22.6 Å². The van der Waals surface area contributed by atoms with Crippen molar-refractivity contribution < 1.29 is 28.3 Å². The summed E-state index contributed by atoms with van der Waals surface area (Å²) in [5.74, 6) is -0.913. The van der Waals surface area contributed by atoms with E-state index in [1.54, 1.807) is 19.9 Å². The van der Waals surface area contributed by atoms with E-state index in [0.717, 1.165) is 11.1 Å². The first-order valence-corrected chi connectivity index (χ1v) is 8.55. The van der Waals surface area contributed by atoms with Crippen LogP contribution in [0, 0.1) is 20.8 Å². The molecule has 2 rings (SSSR count). The Morgan fingerprint density at radius 2 is 1.81 bits per heavy atom. The number of carbonyl (C=O) groups excluding carboxylic acids is 3. The first kappa shape index (κ1) is 20.2. The van der Waals surface area contributed by atoms with Crippen LogP contribution in [0.5, 0.6) is 5.75 Å². The highest BCUT2D eigenvalue weighted by atomic mass is 16.5. The van der Waals surface area contributed by atoms with Gasteiger partial charge in [-0.05, 0) is 46.2 Å². The predicted octanol–water partition coefficient (Wildman–Crippen LogP) is 3.60. The average molecular weight is 373 g/mol. The molecule has 0 bridgehead atoms. The fraction of sp³-hybridized carbons (Fsp3) is 0.350. The lowest BCUT2D eigenvalue weighted by Gasteiger charge is -2.10. The van der Waals surface area contributed by atoms with E-state index in [0.29, 0.717) is 5.75 Å². The van der Waals surface area contributed by atoms with E-state index < -0.39 is 11.9 Å². The third kappa shape index (κ3) is 4.75. The summed E-state index contributed by atoms with van der Waals surface area (Å²) in [6.45, 7) is 8.20. The maximum atomic E-state index is 12.3. The van der Waals surface area contributed by atoms with Crippen molar-refractivity contribution in [1.29, 1.82) is 0 Å². The largest absolute Gasteiger partial charge is 0.483 e. The zero-order valence-electron chi connectivity index (χ0n) is 16.1. The van der Waals surface area contributed by atoms with Crippen molar-refractivity contribution in [3.05, 3.63) is 46.2 Å². The van der Waals surface area contributed by atoms with Gasteiger partial charge in [-0.1, -0.05) is 17.7 Å². The molecule has 1 N–H and O–H groups in total. The second-order valence-electron chi connectivity index (χ2n) is 6.12. The van der Waals surface area contributed by atoms with Crippen LogP contribution in [0.1, 0.15) is 51.5 Å². The second-order valence-corrected chi connectivity index (χ2v) is 6.12. The number of carbonyl (C=O) groups is 3. The van der Waals surface area contributed by atoms with Crippen molar-refractivity contribution in [2.45, 2.75) is 34.6 Å². The van der Waals surface area contributed by atoms with Crippen molar-refractivity contribution in [3.63, 3.8) is 0 Å². The van der Waals surface area contributed by atoms with Crippen LogP contribution < -0.4 is 10.1 Å². The molecule has 2 aromatic rings. The van der Waals surface area contributed by atoms with E-state index in [4.69, 9.17) is 13.9 Å². The van der Waals surface area contributed by atoms with Crippen LogP contribution in [0.4, 0.5) is 5.88 Å². The van der Waals surface area contributed by atoms with E-state index >= 15 is 0 Å². The molecule has 0 spiro atoms. The minimum absolute atomic E-state index is 0.0817. The van der Waals surface area contributed by atoms with E-state index in [9.17, 15) is 14.4 Å². The number of esters is 1. The lowest BCUT2D eigenvalue weighted by atomic mass is 10.1. The van der Waals surface area contributed by atoms with Gasteiger partial charge in [0, 0.05) is 0 Å². The normalized spacial score (nSPS) is 10.4. The highest BCUT2D eigenvalue weighted by Gasteiger charge is 2.28. The number of ketones is 1. The van der Waals surface area contributed by atoms with Gasteiger partial charge in [-0.3, -0.25) is 14.9 Å². The van der Waals surface area contributed by atoms with Crippen LogP contribution >= 0.6 is 0 Å². The highest BCUT2D eigenvalue weighted by Crippen LogP contribution is 2.28. The third-order valence-corrected chi connectivity index (χ3v) is 3.86. The topological polar surface area (TPSA) is 94.8 Å². The molecule has 0 aliphatic heterocycles. The minimum atomic E-state index is -0.731. The summed E-state index contributed by atoms with van der Waals surface area (Å²) < 4.78 is 15.9. The number of rotatable bonds is 7. The van der Waals surface area contributed by atoms with Crippen LogP contribution in [-0.4, -0.2) is 30.9 Å². The Morgan fingerprint density at radius 3 is 2.41 bits per heavy atom. The first-order valence-electron chi connectivity index (χ1n) is 8.55. The van der Waals surface area contributed by atoms with Crippen LogP contribution in [-0.2, 0) is 9.53 Å². The lowest BCUT2D eigenvalue weighted by molar-refractivity contribution is -0.118. The maximum Gasteiger partial charge on any atom is 0.344 e. The van der Waals surface area contributed by atoms with Gasteiger partial charge in [0.05, 0.1) is 12.2 Å². The number of benzene rings is 1. The van der Waals surface area contributed by atoms with Crippen molar-refractivity contribution in [2.24, 2.45) is 0 Å². The number of amides is 1. The number of ether oxygens (including phenoxy) is 2. The summed E-state index contributed by atoms with van der Waals surface area (Å²) in [6, 6.07) is 5.61. The molecule has 0 aliphatic rings. The predicted molar refractivity (Wildman–Crippen MR) is 99.4 cm³/mol. The highest BCUT2D eigenvalue weighted by molar-refractivity contribution is 6.10. The summed E-state index contributed by atoms with van der Waals surface area (Å²) in [7, 11) is 0. The van der Waals surface area contributed by atoms with Gasteiger partial charge in [-0.15, -0.1) is 0 Å². The summed E-state index contributed by atoms with van der Waals surface area (Å²) >= 11 is 0. The monoisotopic (exact) mass is 373 g/mol. The summed E-state index contributed by atoms with van der Waals surface area (Å²) in [4.78, 5) is 36.3. The molecular weight excluding hydrogens is 350 g/mol. The number of hydrogen-bond acceptors (Lipinski definition) is 6. The molecule has 0 radical (unpaired) electrons. The zero-order chi connectivity index (χ0) is 20.1. The molecule has 0 saturated carbocycles.